The molecule has 0 heterocycles. The maximum absolute atomic E-state index is 12.1. The van der Waals surface area contributed by atoms with E-state index >= 15 is 0 Å². The molecule has 0 aliphatic heterocycles. The average Bonchev–Trinajstić information content (AvgIpc) is 2.43. The molecule has 0 spiro atoms. The minimum atomic E-state index is -3.72. The smallest absolute Gasteiger partial charge is 0.241 e. The Morgan fingerprint density at radius 1 is 1.32 bits per heavy atom. The number of sulfonamides is 1. The van der Waals surface area contributed by atoms with Crippen molar-refractivity contribution in [2.45, 2.75) is 23.8 Å². The van der Waals surface area contributed by atoms with Crippen molar-refractivity contribution in [1.29, 1.82) is 0 Å². The van der Waals surface area contributed by atoms with Crippen molar-refractivity contribution in [1.82, 2.24) is 4.72 Å². The van der Waals surface area contributed by atoms with E-state index in [4.69, 9.17) is 17.3 Å². The van der Waals surface area contributed by atoms with Gasteiger partial charge >= 0.3 is 0 Å². The van der Waals surface area contributed by atoms with Gasteiger partial charge in [-0.15, -0.1) is 11.6 Å². The summed E-state index contributed by atoms with van der Waals surface area (Å²) in [4.78, 5) is 11.7. The van der Waals surface area contributed by atoms with Gasteiger partial charge < -0.3 is 5.73 Å². The number of benzene rings is 1. The first-order valence-electron chi connectivity index (χ1n) is 5.87. The molecule has 0 aromatic heterocycles. The predicted octanol–water partition coefficient (Wildman–Crippen LogP) is 0.880. The molecule has 1 atom stereocenters. The number of hydrogen-bond acceptors (Lipinski definition) is 4. The summed E-state index contributed by atoms with van der Waals surface area (Å²) in [6, 6.07) is 7.06. The second kappa shape index (κ2) is 7.59. The van der Waals surface area contributed by atoms with Crippen LogP contribution in [0.25, 0.3) is 0 Å². The Morgan fingerprint density at radius 2 is 1.95 bits per heavy atom. The van der Waals surface area contributed by atoms with E-state index in [1.54, 1.807) is 18.2 Å². The zero-order chi connectivity index (χ0) is 14.3. The van der Waals surface area contributed by atoms with Crippen molar-refractivity contribution in [2.75, 3.05) is 12.4 Å². The Labute approximate surface area is 118 Å². The first-order valence-corrected chi connectivity index (χ1v) is 7.89. The van der Waals surface area contributed by atoms with Crippen molar-refractivity contribution in [3.63, 3.8) is 0 Å². The number of nitrogens with two attached hydrogens (primary N) is 1. The van der Waals surface area contributed by atoms with E-state index in [-0.39, 0.29) is 16.6 Å². The van der Waals surface area contributed by atoms with Crippen molar-refractivity contribution in [3.05, 3.63) is 30.3 Å². The summed E-state index contributed by atoms with van der Waals surface area (Å²) in [5.41, 5.74) is 5.37. The molecule has 1 aromatic carbocycles. The fourth-order valence-electron chi connectivity index (χ4n) is 1.56. The molecule has 106 valence electrons. The van der Waals surface area contributed by atoms with Crippen LogP contribution < -0.4 is 10.5 Å². The van der Waals surface area contributed by atoms with E-state index < -0.39 is 16.1 Å². The van der Waals surface area contributed by atoms with Crippen LogP contribution in [0, 0.1) is 0 Å². The predicted molar refractivity (Wildman–Crippen MR) is 74.6 cm³/mol. The number of halogens is 1. The molecular formula is C12H17ClN2O3S. The molecule has 0 bridgehead atoms. The Hall–Kier alpha value is -0.950. The number of nitrogens with one attached hydrogen (secondary N) is 1. The lowest BCUT2D eigenvalue weighted by molar-refractivity contribution is -0.118. The van der Waals surface area contributed by atoms with E-state index in [0.29, 0.717) is 19.4 Å². The number of carbonyl (C=O) groups is 1. The third-order valence-electron chi connectivity index (χ3n) is 2.57. The summed E-state index contributed by atoms with van der Waals surface area (Å²) < 4.78 is 26.6. The molecule has 1 rings (SSSR count). The minimum Gasteiger partial charge on any atom is -0.330 e. The van der Waals surface area contributed by atoms with Gasteiger partial charge in [0.15, 0.2) is 5.78 Å². The summed E-state index contributed by atoms with van der Waals surface area (Å²) in [6.45, 7) is 0.388. The van der Waals surface area contributed by atoms with Gasteiger partial charge in [0.05, 0.1) is 16.8 Å². The Kier molecular flexibility index (Phi) is 6.44. The molecule has 19 heavy (non-hydrogen) atoms. The number of ketones is 1. The summed E-state index contributed by atoms with van der Waals surface area (Å²) in [7, 11) is -3.72. The van der Waals surface area contributed by atoms with Gasteiger partial charge in [0.2, 0.25) is 10.0 Å². The molecule has 0 saturated heterocycles. The molecule has 5 nitrogen and oxygen atoms in total. The Balaban J connectivity index is 2.86. The van der Waals surface area contributed by atoms with Crippen LogP contribution in [-0.2, 0) is 14.8 Å². The summed E-state index contributed by atoms with van der Waals surface area (Å²) in [6.07, 6.45) is 0.888. The number of Topliss-reactive ketones (excluding diaryl/α,β-unsaturated/α-hetero) is 1. The molecule has 0 aliphatic carbocycles. The lowest BCUT2D eigenvalue weighted by Gasteiger charge is -2.16. The first kappa shape index (κ1) is 16.1. The summed E-state index contributed by atoms with van der Waals surface area (Å²) in [5.74, 6) is -0.582. The van der Waals surface area contributed by atoms with E-state index in [2.05, 4.69) is 4.72 Å². The van der Waals surface area contributed by atoms with Crippen LogP contribution in [0.5, 0.6) is 0 Å². The van der Waals surface area contributed by atoms with Gasteiger partial charge in [-0.1, -0.05) is 18.2 Å². The molecule has 0 unspecified atom stereocenters. The second-order valence-corrected chi connectivity index (χ2v) is 6.00. The normalized spacial score (nSPS) is 13.2. The van der Waals surface area contributed by atoms with Gasteiger partial charge in [-0.25, -0.2) is 13.1 Å². The van der Waals surface area contributed by atoms with Crippen LogP contribution in [-0.4, -0.2) is 32.7 Å². The Bertz CT molecular complexity index is 505. The van der Waals surface area contributed by atoms with Crippen LogP contribution in [0.2, 0.25) is 0 Å². The third kappa shape index (κ3) is 4.91. The minimum absolute atomic E-state index is 0.120. The maximum Gasteiger partial charge on any atom is 0.241 e. The first-order chi connectivity index (χ1) is 9.01. The van der Waals surface area contributed by atoms with Crippen LogP contribution >= 0.6 is 11.6 Å². The average molecular weight is 305 g/mol. The highest BCUT2D eigenvalue weighted by Crippen LogP contribution is 2.10. The van der Waals surface area contributed by atoms with E-state index in [1.165, 1.54) is 12.1 Å². The second-order valence-electron chi connectivity index (χ2n) is 4.02. The molecule has 0 radical (unpaired) electrons. The largest absolute Gasteiger partial charge is 0.330 e. The van der Waals surface area contributed by atoms with Gasteiger partial charge in [-0.05, 0) is 31.5 Å². The molecule has 0 fully saturated rings. The fourth-order valence-corrected chi connectivity index (χ4v) is 3.02. The van der Waals surface area contributed by atoms with Gasteiger partial charge in [0.1, 0.15) is 0 Å². The topological polar surface area (TPSA) is 89.3 Å². The lowest BCUT2D eigenvalue weighted by atomic mass is 10.1. The highest BCUT2D eigenvalue weighted by molar-refractivity contribution is 7.89. The van der Waals surface area contributed by atoms with Crippen molar-refractivity contribution < 1.29 is 13.2 Å². The van der Waals surface area contributed by atoms with E-state index in [0.717, 1.165) is 0 Å². The number of alkyl halides is 1. The monoisotopic (exact) mass is 304 g/mol. The van der Waals surface area contributed by atoms with Crippen molar-refractivity contribution in [3.8, 4) is 0 Å². The SMILES string of the molecule is NCCC[C@H](NS(=O)(=O)c1ccccc1)C(=O)CCl. The Morgan fingerprint density at radius 3 is 2.47 bits per heavy atom. The van der Waals surface area contributed by atoms with Crippen LogP contribution in [0.3, 0.4) is 0 Å². The molecule has 1 aromatic rings. The van der Waals surface area contributed by atoms with Crippen LogP contribution in [0.1, 0.15) is 12.8 Å². The lowest BCUT2D eigenvalue weighted by Crippen LogP contribution is -2.41. The summed E-state index contributed by atoms with van der Waals surface area (Å²) >= 11 is 5.48. The standard InChI is InChI=1S/C12H17ClN2O3S/c13-9-12(16)11(7-4-8-14)15-19(17,18)10-5-2-1-3-6-10/h1-3,5-6,11,15H,4,7-9,14H2/t11-/m0/s1. The van der Waals surface area contributed by atoms with Crippen molar-refractivity contribution in [2.24, 2.45) is 5.73 Å². The molecule has 3 N–H and O–H groups in total. The van der Waals surface area contributed by atoms with E-state index in [9.17, 15) is 13.2 Å². The number of hydrogen-bond donors (Lipinski definition) is 2. The van der Waals surface area contributed by atoms with Gasteiger partial charge in [0.25, 0.3) is 0 Å². The van der Waals surface area contributed by atoms with Crippen LogP contribution in [0.4, 0.5) is 0 Å². The number of rotatable bonds is 8. The van der Waals surface area contributed by atoms with Crippen molar-refractivity contribution >= 4 is 27.4 Å². The molecule has 0 aliphatic rings. The quantitative estimate of drug-likeness (QED) is 0.698. The third-order valence-corrected chi connectivity index (χ3v) is 4.32. The fraction of sp³-hybridized carbons (Fsp3) is 0.417. The highest BCUT2D eigenvalue weighted by atomic mass is 35.5. The summed E-state index contributed by atoms with van der Waals surface area (Å²) in [5, 5.41) is 0. The zero-order valence-electron chi connectivity index (χ0n) is 10.4. The molecular weight excluding hydrogens is 288 g/mol. The molecule has 7 heteroatoms. The van der Waals surface area contributed by atoms with Gasteiger partial charge in [-0.3, -0.25) is 4.79 Å². The van der Waals surface area contributed by atoms with E-state index in [1.807, 2.05) is 0 Å². The molecule has 0 amide bonds. The van der Waals surface area contributed by atoms with Crippen LogP contribution in [0.15, 0.2) is 35.2 Å². The van der Waals surface area contributed by atoms with Gasteiger partial charge in [-0.2, -0.15) is 0 Å². The number of carbonyl (C=O) groups excluding carboxylic acids is 1. The maximum atomic E-state index is 12.1. The highest BCUT2D eigenvalue weighted by Gasteiger charge is 2.24. The molecule has 0 saturated carbocycles. The zero-order valence-corrected chi connectivity index (χ0v) is 12.0. The van der Waals surface area contributed by atoms with Gasteiger partial charge in [0, 0.05) is 0 Å².